The van der Waals surface area contributed by atoms with Gasteiger partial charge in [0.2, 0.25) is 5.69 Å². The van der Waals surface area contributed by atoms with Crippen LogP contribution in [0.5, 0.6) is 11.6 Å². The van der Waals surface area contributed by atoms with Crippen LogP contribution in [-0.2, 0) is 4.74 Å². The molecule has 0 aliphatic carbocycles. The van der Waals surface area contributed by atoms with Crippen molar-refractivity contribution in [3.05, 3.63) is 92.1 Å². The molecule has 2 heterocycles. The van der Waals surface area contributed by atoms with Crippen LogP contribution in [-0.4, -0.2) is 20.3 Å². The first-order chi connectivity index (χ1) is 15.7. The molecule has 0 radical (unpaired) electrons. The lowest BCUT2D eigenvalue weighted by Gasteiger charge is -2.09. The van der Waals surface area contributed by atoms with Crippen LogP contribution in [0.2, 0.25) is 0 Å². The lowest BCUT2D eigenvalue weighted by molar-refractivity contribution is -0.731. The van der Waals surface area contributed by atoms with Crippen molar-refractivity contribution in [3.63, 3.8) is 0 Å². The van der Waals surface area contributed by atoms with Gasteiger partial charge < -0.3 is 14.2 Å². The predicted octanol–water partition coefficient (Wildman–Crippen LogP) is 6.67. The van der Waals surface area contributed by atoms with E-state index < -0.39 is 0 Å². The van der Waals surface area contributed by atoms with Gasteiger partial charge in [-0.25, -0.2) is 0 Å². The van der Waals surface area contributed by atoms with Gasteiger partial charge in [0.15, 0.2) is 6.61 Å². The molecule has 32 heavy (non-hydrogen) atoms. The number of nitrogens with zero attached hydrogens (tertiary/aromatic N) is 1. The van der Waals surface area contributed by atoms with E-state index in [4.69, 9.17) is 14.2 Å². The van der Waals surface area contributed by atoms with E-state index in [0.29, 0.717) is 13.2 Å². The van der Waals surface area contributed by atoms with Crippen molar-refractivity contribution in [2.75, 3.05) is 20.3 Å². The first kappa shape index (κ1) is 24.9. The lowest BCUT2D eigenvalue weighted by Crippen LogP contribution is -2.39. The molecule has 1 atom stereocenters. The third kappa shape index (κ3) is 5.86. The summed E-state index contributed by atoms with van der Waals surface area (Å²) in [6.07, 6.45) is 6.95. The molecule has 1 unspecified atom stereocenters. The maximum absolute atomic E-state index is 5.95. The fourth-order valence-electron chi connectivity index (χ4n) is 3.37. The molecule has 1 aliphatic heterocycles. The molecule has 0 bridgehead atoms. The van der Waals surface area contributed by atoms with E-state index in [1.54, 1.807) is 19.3 Å². The minimum absolute atomic E-state index is 0.119. The zero-order valence-corrected chi connectivity index (χ0v) is 19.6. The highest BCUT2D eigenvalue weighted by Crippen LogP contribution is 2.33. The van der Waals surface area contributed by atoms with Crippen molar-refractivity contribution < 1.29 is 18.8 Å². The lowest BCUT2D eigenvalue weighted by atomic mass is 10.1. The summed E-state index contributed by atoms with van der Waals surface area (Å²) in [5.41, 5.74) is 2.19. The van der Waals surface area contributed by atoms with Crippen LogP contribution in [0.1, 0.15) is 27.0 Å². The summed E-state index contributed by atoms with van der Waals surface area (Å²) in [6.45, 7) is 14.1. The normalized spacial score (nSPS) is 13.8. The van der Waals surface area contributed by atoms with Crippen molar-refractivity contribution in [1.29, 1.82) is 0 Å². The second kappa shape index (κ2) is 13.1. The molecular formula is C28H34NO3+. The minimum atomic E-state index is -0.119. The van der Waals surface area contributed by atoms with Gasteiger partial charge in [0.05, 0.1) is 12.0 Å². The molecular weight excluding hydrogens is 398 g/mol. The smallest absolute Gasteiger partial charge is 0.379 e. The van der Waals surface area contributed by atoms with Crippen molar-refractivity contribution in [3.8, 4) is 22.9 Å². The number of benzene rings is 2. The molecule has 0 amide bonds. The Morgan fingerprint density at radius 2 is 1.69 bits per heavy atom. The second-order valence-corrected chi connectivity index (χ2v) is 6.61. The fraction of sp³-hybridized carbons (Fsp3) is 0.250. The van der Waals surface area contributed by atoms with Crippen LogP contribution >= 0.6 is 0 Å². The largest absolute Gasteiger partial charge is 0.494 e. The van der Waals surface area contributed by atoms with Gasteiger partial charge in [-0.05, 0) is 42.6 Å². The van der Waals surface area contributed by atoms with Crippen LogP contribution in [0.3, 0.4) is 0 Å². The monoisotopic (exact) mass is 432 g/mol. The number of methoxy groups -OCH3 is 1. The molecule has 0 fully saturated rings. The molecule has 0 spiro atoms. The van der Waals surface area contributed by atoms with Crippen molar-refractivity contribution in [2.24, 2.45) is 0 Å². The van der Waals surface area contributed by atoms with Crippen molar-refractivity contribution in [2.45, 2.75) is 27.0 Å². The summed E-state index contributed by atoms with van der Waals surface area (Å²) in [5.74, 6) is 1.74. The van der Waals surface area contributed by atoms with Crippen LogP contribution < -0.4 is 14.0 Å². The van der Waals surface area contributed by atoms with E-state index in [9.17, 15) is 0 Å². The SMILES string of the molecule is C=C/C=C\C=C.CC.CCOc1ccc(-c2cc3ccccc3c3[n+]2C(OC)CO3)cc1. The Morgan fingerprint density at radius 3 is 2.28 bits per heavy atom. The van der Waals surface area contributed by atoms with E-state index in [1.165, 1.54) is 0 Å². The predicted molar refractivity (Wildman–Crippen MR) is 133 cm³/mol. The Morgan fingerprint density at radius 1 is 1.03 bits per heavy atom. The number of hydrogen-bond acceptors (Lipinski definition) is 3. The summed E-state index contributed by atoms with van der Waals surface area (Å²) >= 11 is 0. The Balaban J connectivity index is 0.000000396. The van der Waals surface area contributed by atoms with Gasteiger partial charge in [0.1, 0.15) is 5.75 Å². The number of hydrogen-bond donors (Lipinski definition) is 0. The maximum atomic E-state index is 5.95. The van der Waals surface area contributed by atoms with E-state index in [-0.39, 0.29) is 6.23 Å². The standard InChI is InChI=1S/C20H20NO3.C6H8.C2H6/c1-3-23-16-10-8-14(9-11-16)18-12-15-6-4-5-7-17(15)20-21(18)19(22-2)13-24-20;1-3-5-6-4-2;1-2/h4-12,19H,3,13H2,1-2H3;3-6H,1-2H2;1-2H3/q+1;;/b;6-5-;. The summed E-state index contributed by atoms with van der Waals surface area (Å²) < 4.78 is 19.3. The topological polar surface area (TPSA) is 31.6 Å². The van der Waals surface area contributed by atoms with Gasteiger partial charge in [0, 0.05) is 18.7 Å². The Kier molecular flexibility index (Phi) is 10.2. The molecule has 4 nitrogen and oxygen atoms in total. The highest BCUT2D eigenvalue weighted by atomic mass is 16.6. The van der Waals surface area contributed by atoms with Gasteiger partial charge in [-0.1, -0.05) is 69.5 Å². The molecule has 4 rings (SSSR count). The van der Waals surface area contributed by atoms with Gasteiger partial charge in [-0.2, -0.15) is 0 Å². The van der Waals surface area contributed by atoms with Crippen LogP contribution in [0.15, 0.2) is 92.1 Å². The molecule has 4 heteroatoms. The number of aromatic nitrogens is 1. The fourth-order valence-corrected chi connectivity index (χ4v) is 3.37. The summed E-state index contributed by atoms with van der Waals surface area (Å²) in [7, 11) is 1.72. The zero-order valence-electron chi connectivity index (χ0n) is 19.6. The number of ether oxygens (including phenoxy) is 3. The summed E-state index contributed by atoms with van der Waals surface area (Å²) in [6, 6.07) is 18.6. The van der Waals surface area contributed by atoms with E-state index >= 15 is 0 Å². The van der Waals surface area contributed by atoms with Gasteiger partial charge in [-0.15, -0.1) is 4.57 Å². The van der Waals surface area contributed by atoms with Crippen LogP contribution in [0.25, 0.3) is 22.0 Å². The first-order valence-electron chi connectivity index (χ1n) is 11.0. The molecule has 168 valence electrons. The maximum Gasteiger partial charge on any atom is 0.379 e. The van der Waals surface area contributed by atoms with Crippen LogP contribution in [0, 0.1) is 0 Å². The van der Waals surface area contributed by atoms with Gasteiger partial charge in [0.25, 0.3) is 0 Å². The Hall–Kier alpha value is -3.37. The van der Waals surface area contributed by atoms with Crippen molar-refractivity contribution in [1.82, 2.24) is 0 Å². The average Bonchev–Trinajstić information content (AvgIpc) is 3.29. The molecule has 0 N–H and O–H groups in total. The summed E-state index contributed by atoms with van der Waals surface area (Å²) in [4.78, 5) is 0. The summed E-state index contributed by atoms with van der Waals surface area (Å²) in [5, 5.41) is 2.26. The minimum Gasteiger partial charge on any atom is -0.494 e. The molecule has 2 aromatic carbocycles. The number of pyridine rings is 1. The highest BCUT2D eigenvalue weighted by Gasteiger charge is 2.38. The third-order valence-corrected chi connectivity index (χ3v) is 4.73. The molecule has 1 aromatic heterocycles. The van der Waals surface area contributed by atoms with E-state index in [2.05, 4.69) is 48.1 Å². The average molecular weight is 433 g/mol. The Labute approximate surface area is 192 Å². The first-order valence-corrected chi connectivity index (χ1v) is 11.0. The third-order valence-electron chi connectivity index (χ3n) is 4.73. The van der Waals surface area contributed by atoms with Crippen LogP contribution in [0.4, 0.5) is 0 Å². The van der Waals surface area contributed by atoms with Gasteiger partial charge in [-0.3, -0.25) is 0 Å². The Bertz CT molecular complexity index is 1030. The van der Waals surface area contributed by atoms with Gasteiger partial charge >= 0.3 is 12.1 Å². The molecule has 0 saturated heterocycles. The van der Waals surface area contributed by atoms with E-state index in [0.717, 1.165) is 33.7 Å². The number of rotatable bonds is 6. The second-order valence-electron chi connectivity index (χ2n) is 6.61. The molecule has 1 aliphatic rings. The zero-order chi connectivity index (χ0) is 23.3. The highest BCUT2D eigenvalue weighted by molar-refractivity contribution is 5.88. The van der Waals surface area contributed by atoms with E-state index in [1.807, 2.05) is 57.2 Å². The number of allylic oxidation sites excluding steroid dienone is 4. The van der Waals surface area contributed by atoms with Crippen molar-refractivity contribution >= 4 is 10.8 Å². The number of fused-ring (bicyclic) bond motifs is 3. The molecule has 3 aromatic rings. The molecule has 0 saturated carbocycles. The quantitative estimate of drug-likeness (QED) is 0.322.